The van der Waals surface area contributed by atoms with Gasteiger partial charge in [-0.1, -0.05) is 36.8 Å². The Kier molecular flexibility index (Phi) is 5.32. The van der Waals surface area contributed by atoms with Crippen molar-refractivity contribution in [2.75, 3.05) is 0 Å². The lowest BCUT2D eigenvalue weighted by Gasteiger charge is -2.18. The van der Waals surface area contributed by atoms with Gasteiger partial charge in [-0.2, -0.15) is 5.10 Å². The number of fused-ring (bicyclic) bond motifs is 3. The molecule has 0 saturated heterocycles. The van der Waals surface area contributed by atoms with Crippen molar-refractivity contribution in [2.24, 2.45) is 11.0 Å². The van der Waals surface area contributed by atoms with Crippen LogP contribution in [0.25, 0.3) is 10.2 Å². The Morgan fingerprint density at radius 2 is 2.14 bits per heavy atom. The maximum atomic E-state index is 13.1. The number of nitrogens with zero attached hydrogens (tertiary/aromatic N) is 3. The number of carbonyl (C=O) groups is 1. The summed E-state index contributed by atoms with van der Waals surface area (Å²) >= 11 is 1.61. The van der Waals surface area contributed by atoms with E-state index in [0.717, 1.165) is 40.8 Å². The van der Waals surface area contributed by atoms with Crippen LogP contribution in [0.1, 0.15) is 47.9 Å². The molecule has 6 nitrogen and oxygen atoms in total. The minimum Gasteiger partial charge on any atom is -0.286 e. The van der Waals surface area contributed by atoms with E-state index in [1.54, 1.807) is 24.5 Å². The Morgan fingerprint density at radius 1 is 1.38 bits per heavy atom. The third kappa shape index (κ3) is 3.87. The van der Waals surface area contributed by atoms with E-state index in [4.69, 9.17) is 0 Å². The number of carbonyl (C=O) groups excluding carboxylic acids is 1. The largest absolute Gasteiger partial charge is 0.286 e. The first-order chi connectivity index (χ1) is 13.9. The zero-order valence-corrected chi connectivity index (χ0v) is 17.6. The van der Waals surface area contributed by atoms with E-state index in [-0.39, 0.29) is 11.5 Å². The first kappa shape index (κ1) is 19.5. The van der Waals surface area contributed by atoms with Gasteiger partial charge in [-0.3, -0.25) is 14.2 Å². The first-order valence-corrected chi connectivity index (χ1v) is 10.7. The molecule has 29 heavy (non-hydrogen) atoms. The molecule has 3 aromatic rings. The number of hydrogen-bond donors (Lipinski definition) is 1. The van der Waals surface area contributed by atoms with Crippen molar-refractivity contribution in [3.63, 3.8) is 0 Å². The number of benzene rings is 1. The molecule has 0 fully saturated rings. The molecule has 0 saturated carbocycles. The van der Waals surface area contributed by atoms with Crippen molar-refractivity contribution in [1.29, 1.82) is 0 Å². The van der Waals surface area contributed by atoms with Crippen molar-refractivity contribution < 1.29 is 4.79 Å². The Balaban J connectivity index is 1.55. The van der Waals surface area contributed by atoms with Gasteiger partial charge in [0.05, 0.1) is 17.9 Å². The summed E-state index contributed by atoms with van der Waals surface area (Å²) in [5.74, 6) is 0.281. The molecule has 1 N–H and O–H groups in total. The minimum absolute atomic E-state index is 0.146. The predicted octanol–water partition coefficient (Wildman–Crippen LogP) is 3.60. The van der Waals surface area contributed by atoms with Gasteiger partial charge in [0, 0.05) is 4.88 Å². The van der Waals surface area contributed by atoms with Crippen LogP contribution in [-0.2, 0) is 17.6 Å². The number of rotatable bonds is 4. The number of thiophene rings is 1. The summed E-state index contributed by atoms with van der Waals surface area (Å²) in [5, 5.41) is 4.70. The molecule has 2 aromatic heterocycles. The maximum Gasteiger partial charge on any atom is 0.263 e. The number of aromatic nitrogens is 2. The van der Waals surface area contributed by atoms with Crippen molar-refractivity contribution in [3.8, 4) is 0 Å². The molecule has 4 rings (SSSR count). The standard InChI is InChI=1S/C22H24N4O2S/c1-13-4-7-16(8-5-13)11-24-25-20(27)15(3)26-12-23-21-19(22(26)28)17-9-6-14(2)10-18(17)29-21/h4-5,7-8,11-12,14-15H,6,9-10H2,1-3H3,(H,25,27). The fourth-order valence-electron chi connectivity index (χ4n) is 3.66. The molecule has 7 heteroatoms. The molecule has 2 unspecified atom stereocenters. The SMILES string of the molecule is Cc1ccc(C=NNC(=O)C(C)n2cnc3sc4c(c3c2=O)CCC(C)C4)cc1. The van der Waals surface area contributed by atoms with Gasteiger partial charge in [0.2, 0.25) is 0 Å². The minimum atomic E-state index is -0.701. The fraction of sp³-hybridized carbons (Fsp3) is 0.364. The molecule has 0 bridgehead atoms. The van der Waals surface area contributed by atoms with Gasteiger partial charge in [0.1, 0.15) is 10.9 Å². The van der Waals surface area contributed by atoms with E-state index in [1.807, 2.05) is 31.2 Å². The highest BCUT2D eigenvalue weighted by Gasteiger charge is 2.25. The second kappa shape index (κ2) is 7.91. The second-order valence-electron chi connectivity index (χ2n) is 7.81. The molecule has 0 radical (unpaired) electrons. The number of hydrazone groups is 1. The molecule has 2 heterocycles. The van der Waals surface area contributed by atoms with E-state index in [2.05, 4.69) is 22.4 Å². The topological polar surface area (TPSA) is 76.3 Å². The smallest absolute Gasteiger partial charge is 0.263 e. The Bertz CT molecular complexity index is 1140. The number of nitrogens with one attached hydrogen (secondary N) is 1. The van der Waals surface area contributed by atoms with E-state index in [0.29, 0.717) is 11.3 Å². The normalized spacial score (nSPS) is 17.4. The molecule has 1 amide bonds. The molecule has 0 aliphatic heterocycles. The zero-order valence-electron chi connectivity index (χ0n) is 16.8. The molecule has 1 aromatic carbocycles. The van der Waals surface area contributed by atoms with Crippen LogP contribution in [0.15, 0.2) is 40.5 Å². The Morgan fingerprint density at radius 3 is 2.90 bits per heavy atom. The fourth-order valence-corrected chi connectivity index (χ4v) is 5.00. The first-order valence-electron chi connectivity index (χ1n) is 9.85. The van der Waals surface area contributed by atoms with Crippen LogP contribution in [0.4, 0.5) is 0 Å². The summed E-state index contributed by atoms with van der Waals surface area (Å²) in [6.45, 7) is 5.94. The van der Waals surface area contributed by atoms with Gasteiger partial charge in [0.25, 0.3) is 11.5 Å². The highest BCUT2D eigenvalue weighted by atomic mass is 32.1. The van der Waals surface area contributed by atoms with Gasteiger partial charge in [-0.25, -0.2) is 10.4 Å². The average molecular weight is 409 g/mol. The highest BCUT2D eigenvalue weighted by molar-refractivity contribution is 7.18. The van der Waals surface area contributed by atoms with Gasteiger partial charge in [-0.05, 0) is 50.2 Å². The Hall–Kier alpha value is -2.80. The van der Waals surface area contributed by atoms with Crippen LogP contribution in [0.3, 0.4) is 0 Å². The van der Waals surface area contributed by atoms with Gasteiger partial charge >= 0.3 is 0 Å². The number of hydrogen-bond acceptors (Lipinski definition) is 5. The van der Waals surface area contributed by atoms with E-state index < -0.39 is 6.04 Å². The molecule has 1 aliphatic rings. The van der Waals surface area contributed by atoms with E-state index in [1.165, 1.54) is 15.8 Å². The summed E-state index contributed by atoms with van der Waals surface area (Å²) in [6.07, 6.45) is 6.05. The monoisotopic (exact) mass is 408 g/mol. The summed E-state index contributed by atoms with van der Waals surface area (Å²) in [5.41, 5.74) is 5.56. The average Bonchev–Trinajstić information content (AvgIpc) is 3.07. The van der Waals surface area contributed by atoms with Gasteiger partial charge in [-0.15, -0.1) is 11.3 Å². The van der Waals surface area contributed by atoms with Crippen molar-refractivity contribution >= 4 is 33.7 Å². The van der Waals surface area contributed by atoms with Crippen LogP contribution < -0.4 is 11.0 Å². The molecular formula is C22H24N4O2S. The third-order valence-corrected chi connectivity index (χ3v) is 6.67. The summed E-state index contributed by atoms with van der Waals surface area (Å²) in [6, 6.07) is 7.12. The molecule has 0 spiro atoms. The lowest BCUT2D eigenvalue weighted by atomic mass is 9.89. The lowest BCUT2D eigenvalue weighted by molar-refractivity contribution is -0.123. The van der Waals surface area contributed by atoms with E-state index >= 15 is 0 Å². The predicted molar refractivity (Wildman–Crippen MR) is 117 cm³/mol. The van der Waals surface area contributed by atoms with Gasteiger partial charge in [0.15, 0.2) is 0 Å². The van der Waals surface area contributed by atoms with Crippen LogP contribution in [0.2, 0.25) is 0 Å². The summed E-state index contributed by atoms with van der Waals surface area (Å²) < 4.78 is 1.41. The number of aryl methyl sites for hydroxylation is 2. The van der Waals surface area contributed by atoms with Gasteiger partial charge < -0.3 is 0 Å². The van der Waals surface area contributed by atoms with Crippen LogP contribution in [-0.4, -0.2) is 21.7 Å². The lowest BCUT2D eigenvalue weighted by Crippen LogP contribution is -2.34. The summed E-state index contributed by atoms with van der Waals surface area (Å²) in [7, 11) is 0. The zero-order chi connectivity index (χ0) is 20.5. The molecule has 1 aliphatic carbocycles. The van der Waals surface area contributed by atoms with Crippen LogP contribution in [0, 0.1) is 12.8 Å². The number of amides is 1. The third-order valence-electron chi connectivity index (χ3n) is 5.50. The van der Waals surface area contributed by atoms with Crippen molar-refractivity contribution in [1.82, 2.24) is 15.0 Å². The molecule has 150 valence electrons. The molecular weight excluding hydrogens is 384 g/mol. The van der Waals surface area contributed by atoms with Crippen LogP contribution >= 0.6 is 11.3 Å². The summed E-state index contributed by atoms with van der Waals surface area (Å²) in [4.78, 5) is 32.2. The quantitative estimate of drug-likeness (QED) is 0.529. The van der Waals surface area contributed by atoms with Crippen molar-refractivity contribution in [3.05, 3.63) is 62.5 Å². The highest BCUT2D eigenvalue weighted by Crippen LogP contribution is 2.35. The second-order valence-corrected chi connectivity index (χ2v) is 8.89. The van der Waals surface area contributed by atoms with Crippen molar-refractivity contribution in [2.45, 2.75) is 46.1 Å². The Labute approximate surface area is 173 Å². The maximum absolute atomic E-state index is 13.1. The van der Waals surface area contributed by atoms with Crippen LogP contribution in [0.5, 0.6) is 0 Å². The molecule has 2 atom stereocenters. The van der Waals surface area contributed by atoms with E-state index in [9.17, 15) is 9.59 Å².